The molecular weight excluding hydrogens is 546 g/mol. The molecule has 1 aromatic heterocycles. The Balaban J connectivity index is 1.32. The van der Waals surface area contributed by atoms with Crippen LogP contribution in [0.25, 0.3) is 81.9 Å². The van der Waals surface area contributed by atoms with Crippen molar-refractivity contribution in [2.75, 3.05) is 0 Å². The van der Waals surface area contributed by atoms with E-state index in [-0.39, 0.29) is 5.56 Å². The number of nitrogens with zero attached hydrogens (tertiary/aromatic N) is 1. The van der Waals surface area contributed by atoms with E-state index in [4.69, 9.17) is 0 Å². The van der Waals surface area contributed by atoms with Gasteiger partial charge < -0.3 is 0 Å². The highest BCUT2D eigenvalue weighted by Crippen LogP contribution is 2.41. The summed E-state index contributed by atoms with van der Waals surface area (Å²) in [5.41, 5.74) is 6.51. The quantitative estimate of drug-likeness (QED) is 0.193. The first-order valence-corrected chi connectivity index (χ1v) is 15.3. The molecule has 0 saturated heterocycles. The molecule has 0 atom stereocenters. The van der Waals surface area contributed by atoms with Crippen molar-refractivity contribution in [3.8, 4) is 27.9 Å². The van der Waals surface area contributed by atoms with Crippen LogP contribution >= 0.6 is 0 Å². The van der Waals surface area contributed by atoms with Crippen LogP contribution in [0, 0.1) is 0 Å². The summed E-state index contributed by atoms with van der Waals surface area (Å²) in [6, 6.07) is 57.3. The molecule has 0 radical (unpaired) electrons. The summed E-state index contributed by atoms with van der Waals surface area (Å²) in [4.78, 5) is 13.8. The lowest BCUT2D eigenvalue weighted by Crippen LogP contribution is -2.19. The van der Waals surface area contributed by atoms with Crippen LogP contribution in [-0.2, 0) is 0 Å². The summed E-state index contributed by atoms with van der Waals surface area (Å²) in [5.74, 6) is 0. The van der Waals surface area contributed by atoms with Gasteiger partial charge in [0.1, 0.15) is 0 Å². The monoisotopic (exact) mass is 573 g/mol. The molecule has 0 N–H and O–H groups in total. The normalized spacial score (nSPS) is 11.6. The fraction of sp³-hybridized carbons (Fsp3) is 0. The molecule has 0 unspecified atom stereocenters. The molecule has 0 fully saturated rings. The molecule has 0 aliphatic carbocycles. The first-order chi connectivity index (χ1) is 22.3. The third-order valence-corrected chi connectivity index (χ3v) is 9.18. The second kappa shape index (κ2) is 10.0. The fourth-order valence-corrected chi connectivity index (χ4v) is 7.14. The van der Waals surface area contributed by atoms with Gasteiger partial charge in [0, 0.05) is 16.5 Å². The lowest BCUT2D eigenvalue weighted by Gasteiger charge is -2.16. The predicted octanol–water partition coefficient (Wildman–Crippen LogP) is 10.9. The van der Waals surface area contributed by atoms with Crippen molar-refractivity contribution in [2.24, 2.45) is 0 Å². The first kappa shape index (κ1) is 25.5. The van der Waals surface area contributed by atoms with Crippen molar-refractivity contribution in [2.45, 2.75) is 0 Å². The summed E-state index contributed by atoms with van der Waals surface area (Å²) in [7, 11) is 0. The Kier molecular flexibility index (Phi) is 5.69. The van der Waals surface area contributed by atoms with Gasteiger partial charge in [-0.3, -0.25) is 9.36 Å². The molecule has 0 aliphatic heterocycles. The third-order valence-electron chi connectivity index (χ3n) is 9.18. The summed E-state index contributed by atoms with van der Waals surface area (Å²) in [5, 5.41) is 10.3. The van der Waals surface area contributed by atoms with Gasteiger partial charge in [0.25, 0.3) is 5.56 Å². The van der Waals surface area contributed by atoms with Crippen LogP contribution in [0.1, 0.15) is 0 Å². The van der Waals surface area contributed by atoms with Crippen LogP contribution in [-0.4, -0.2) is 4.57 Å². The number of benzene rings is 8. The van der Waals surface area contributed by atoms with E-state index < -0.39 is 0 Å². The number of aromatic nitrogens is 1. The maximum absolute atomic E-state index is 13.8. The lowest BCUT2D eigenvalue weighted by atomic mass is 9.88. The van der Waals surface area contributed by atoms with Gasteiger partial charge in [-0.1, -0.05) is 127 Å². The number of hydrogen-bond acceptors (Lipinski definition) is 1. The Bertz CT molecular complexity index is 2620. The smallest absolute Gasteiger partial charge is 0.263 e. The molecule has 45 heavy (non-hydrogen) atoms. The van der Waals surface area contributed by atoms with Gasteiger partial charge in [0.15, 0.2) is 0 Å². The summed E-state index contributed by atoms with van der Waals surface area (Å²) in [6.45, 7) is 0. The van der Waals surface area contributed by atoms with Crippen LogP contribution in [0.5, 0.6) is 0 Å². The number of pyridine rings is 1. The van der Waals surface area contributed by atoms with Gasteiger partial charge in [-0.2, -0.15) is 0 Å². The minimum atomic E-state index is -0.00373. The highest BCUT2D eigenvalue weighted by atomic mass is 16.1. The topological polar surface area (TPSA) is 22.0 Å². The molecule has 0 saturated carbocycles. The van der Waals surface area contributed by atoms with Gasteiger partial charge in [0.2, 0.25) is 0 Å². The Morgan fingerprint density at radius 3 is 1.62 bits per heavy atom. The maximum Gasteiger partial charge on any atom is 0.263 e. The molecule has 9 aromatic rings. The molecule has 9 rings (SSSR count). The average molecular weight is 574 g/mol. The van der Waals surface area contributed by atoms with Crippen molar-refractivity contribution in [3.05, 3.63) is 174 Å². The summed E-state index contributed by atoms with van der Waals surface area (Å²) in [6.07, 6.45) is 0. The second-order valence-corrected chi connectivity index (χ2v) is 11.7. The van der Waals surface area contributed by atoms with E-state index in [0.29, 0.717) is 0 Å². The lowest BCUT2D eigenvalue weighted by molar-refractivity contribution is 1.06. The van der Waals surface area contributed by atoms with Crippen molar-refractivity contribution in [1.82, 2.24) is 4.57 Å². The van der Waals surface area contributed by atoms with E-state index >= 15 is 0 Å². The number of rotatable bonds is 3. The summed E-state index contributed by atoms with van der Waals surface area (Å²) < 4.78 is 1.84. The molecule has 2 nitrogen and oxygen atoms in total. The summed E-state index contributed by atoms with van der Waals surface area (Å²) >= 11 is 0. The van der Waals surface area contributed by atoms with Gasteiger partial charge in [-0.15, -0.1) is 0 Å². The van der Waals surface area contributed by atoms with E-state index in [9.17, 15) is 4.79 Å². The highest BCUT2D eigenvalue weighted by Gasteiger charge is 2.16. The van der Waals surface area contributed by atoms with E-state index in [1.165, 1.54) is 43.4 Å². The zero-order valence-electron chi connectivity index (χ0n) is 24.4. The van der Waals surface area contributed by atoms with Gasteiger partial charge in [0.05, 0.1) is 5.52 Å². The molecule has 0 bridgehead atoms. The van der Waals surface area contributed by atoms with Crippen LogP contribution in [0.4, 0.5) is 0 Å². The van der Waals surface area contributed by atoms with E-state index in [1.807, 2.05) is 53.1 Å². The minimum absolute atomic E-state index is 0.00373. The second-order valence-electron chi connectivity index (χ2n) is 11.7. The van der Waals surface area contributed by atoms with Crippen molar-refractivity contribution >= 4 is 54.0 Å². The number of hydrogen-bond donors (Lipinski definition) is 0. The Labute approximate surface area is 260 Å². The van der Waals surface area contributed by atoms with E-state index in [0.717, 1.165) is 38.5 Å². The predicted molar refractivity (Wildman–Crippen MR) is 190 cm³/mol. The van der Waals surface area contributed by atoms with Gasteiger partial charge in [-0.05, 0) is 96.4 Å². The van der Waals surface area contributed by atoms with Crippen molar-refractivity contribution < 1.29 is 0 Å². The Hall–Kier alpha value is -5.99. The zero-order chi connectivity index (χ0) is 29.9. The van der Waals surface area contributed by atoms with Gasteiger partial charge >= 0.3 is 0 Å². The Morgan fingerprint density at radius 2 is 0.889 bits per heavy atom. The highest BCUT2D eigenvalue weighted by molar-refractivity contribution is 6.28. The molecule has 2 heteroatoms. The third kappa shape index (κ3) is 3.93. The van der Waals surface area contributed by atoms with E-state index in [2.05, 4.69) is 115 Å². The Morgan fingerprint density at radius 1 is 0.356 bits per heavy atom. The van der Waals surface area contributed by atoms with Crippen molar-refractivity contribution in [3.63, 3.8) is 0 Å². The molecule has 0 aliphatic rings. The molecule has 0 spiro atoms. The SMILES string of the molecule is O=c1c2ccccc2c2cc(-c3ccc4c(c3)c3ccccc3c3c(-c5ccccc5)cccc43)ccc2n1-c1ccccc1. The average Bonchev–Trinajstić information content (AvgIpc) is 3.12. The maximum atomic E-state index is 13.8. The number of para-hydroxylation sites is 1. The first-order valence-electron chi connectivity index (χ1n) is 15.3. The van der Waals surface area contributed by atoms with E-state index in [1.54, 1.807) is 0 Å². The van der Waals surface area contributed by atoms with Crippen LogP contribution in [0.15, 0.2) is 169 Å². The fourth-order valence-electron chi connectivity index (χ4n) is 7.14. The molecular formula is C43H27NO. The minimum Gasteiger partial charge on any atom is -0.276 e. The zero-order valence-corrected chi connectivity index (χ0v) is 24.4. The van der Waals surface area contributed by atoms with Crippen molar-refractivity contribution in [1.29, 1.82) is 0 Å². The van der Waals surface area contributed by atoms with Crippen LogP contribution in [0.3, 0.4) is 0 Å². The van der Waals surface area contributed by atoms with Gasteiger partial charge in [-0.25, -0.2) is 0 Å². The largest absolute Gasteiger partial charge is 0.276 e. The molecule has 1 heterocycles. The van der Waals surface area contributed by atoms with Crippen LogP contribution in [0.2, 0.25) is 0 Å². The number of fused-ring (bicyclic) bond motifs is 9. The molecule has 0 amide bonds. The molecule has 8 aromatic carbocycles. The van der Waals surface area contributed by atoms with Crippen LogP contribution < -0.4 is 5.56 Å². The standard InChI is InChI=1S/C43H27NO/c45-43-38-19-10-8-17-34(38)40-27-30(23-25-41(40)44(43)31-14-5-2-6-15-31)29-22-24-35-37-21-11-20-32(28-12-3-1-4-13-28)42(37)36-18-9-7-16-33(36)39(35)26-29/h1-27H. The molecule has 210 valence electrons.